The first-order chi connectivity index (χ1) is 6.87. The highest BCUT2D eigenvalue weighted by Crippen LogP contribution is 2.44. The predicted molar refractivity (Wildman–Crippen MR) is 67.9 cm³/mol. The van der Waals surface area contributed by atoms with Crippen molar-refractivity contribution in [3.05, 3.63) is 0 Å². The Labute approximate surface area is 95.8 Å². The highest BCUT2D eigenvalue weighted by molar-refractivity contribution is 5.00. The molecule has 15 heavy (non-hydrogen) atoms. The van der Waals surface area contributed by atoms with E-state index in [1.54, 1.807) is 0 Å². The SMILES string of the molecule is CC(C)CCCC1(N)CCCCC1(C)C. The molecular weight excluding hydrogens is 182 g/mol. The Morgan fingerprint density at radius 1 is 1.13 bits per heavy atom. The molecule has 90 valence electrons. The van der Waals surface area contributed by atoms with Gasteiger partial charge in [-0.25, -0.2) is 0 Å². The van der Waals surface area contributed by atoms with Gasteiger partial charge in [-0.2, -0.15) is 0 Å². The fourth-order valence-electron chi connectivity index (χ4n) is 2.88. The summed E-state index contributed by atoms with van der Waals surface area (Å²) in [5, 5.41) is 0. The van der Waals surface area contributed by atoms with Gasteiger partial charge in [0.25, 0.3) is 0 Å². The normalized spacial score (nSPS) is 30.8. The molecule has 0 amide bonds. The fraction of sp³-hybridized carbons (Fsp3) is 1.00. The van der Waals surface area contributed by atoms with E-state index in [2.05, 4.69) is 27.7 Å². The molecule has 1 fully saturated rings. The lowest BCUT2D eigenvalue weighted by Crippen LogP contribution is -2.54. The summed E-state index contributed by atoms with van der Waals surface area (Å²) < 4.78 is 0. The number of hydrogen-bond donors (Lipinski definition) is 1. The van der Waals surface area contributed by atoms with E-state index in [-0.39, 0.29) is 5.54 Å². The van der Waals surface area contributed by atoms with E-state index in [0.717, 1.165) is 5.92 Å². The van der Waals surface area contributed by atoms with Crippen molar-refractivity contribution in [1.82, 2.24) is 0 Å². The molecule has 0 aliphatic heterocycles. The van der Waals surface area contributed by atoms with Crippen LogP contribution in [0.2, 0.25) is 0 Å². The summed E-state index contributed by atoms with van der Waals surface area (Å²) in [5.74, 6) is 0.820. The van der Waals surface area contributed by atoms with Crippen LogP contribution < -0.4 is 5.73 Å². The van der Waals surface area contributed by atoms with Gasteiger partial charge in [0.1, 0.15) is 0 Å². The molecule has 0 bridgehead atoms. The number of hydrogen-bond acceptors (Lipinski definition) is 1. The molecule has 0 radical (unpaired) electrons. The van der Waals surface area contributed by atoms with Gasteiger partial charge in [0.15, 0.2) is 0 Å². The lowest BCUT2D eigenvalue weighted by molar-refractivity contribution is 0.0872. The van der Waals surface area contributed by atoms with E-state index in [4.69, 9.17) is 5.73 Å². The molecule has 0 aromatic carbocycles. The van der Waals surface area contributed by atoms with Gasteiger partial charge >= 0.3 is 0 Å². The first-order valence-electron chi connectivity index (χ1n) is 6.66. The average Bonchev–Trinajstić information content (AvgIpc) is 2.10. The Kier molecular flexibility index (Phi) is 4.22. The topological polar surface area (TPSA) is 26.0 Å². The zero-order valence-corrected chi connectivity index (χ0v) is 11.1. The summed E-state index contributed by atoms with van der Waals surface area (Å²) in [6.07, 6.45) is 9.10. The molecule has 1 nitrogen and oxygen atoms in total. The quantitative estimate of drug-likeness (QED) is 0.744. The van der Waals surface area contributed by atoms with Crippen molar-refractivity contribution in [2.24, 2.45) is 17.1 Å². The summed E-state index contributed by atoms with van der Waals surface area (Å²) in [6.45, 7) is 9.33. The summed E-state index contributed by atoms with van der Waals surface area (Å²) in [7, 11) is 0. The molecule has 1 aliphatic carbocycles. The monoisotopic (exact) mass is 211 g/mol. The Morgan fingerprint density at radius 3 is 2.27 bits per heavy atom. The highest BCUT2D eigenvalue weighted by Gasteiger charge is 2.42. The maximum absolute atomic E-state index is 6.62. The third-order valence-electron chi connectivity index (χ3n) is 4.43. The van der Waals surface area contributed by atoms with Gasteiger partial charge in [0.05, 0.1) is 0 Å². The number of rotatable bonds is 4. The molecule has 1 aliphatic rings. The van der Waals surface area contributed by atoms with Crippen LogP contribution in [0, 0.1) is 11.3 Å². The molecule has 1 atom stereocenters. The predicted octanol–water partition coefficient (Wildman–Crippen LogP) is 4.11. The van der Waals surface area contributed by atoms with Gasteiger partial charge in [-0.05, 0) is 30.6 Å². The van der Waals surface area contributed by atoms with Gasteiger partial charge in [-0.15, -0.1) is 0 Å². The van der Waals surface area contributed by atoms with Crippen LogP contribution in [0.25, 0.3) is 0 Å². The van der Waals surface area contributed by atoms with Crippen LogP contribution >= 0.6 is 0 Å². The maximum Gasteiger partial charge on any atom is 0.0206 e. The zero-order valence-electron chi connectivity index (χ0n) is 11.1. The van der Waals surface area contributed by atoms with Crippen LogP contribution in [0.5, 0.6) is 0 Å². The van der Waals surface area contributed by atoms with Crippen molar-refractivity contribution in [3.8, 4) is 0 Å². The third kappa shape index (κ3) is 3.21. The highest BCUT2D eigenvalue weighted by atomic mass is 14.8. The minimum atomic E-state index is 0.111. The Morgan fingerprint density at radius 2 is 1.73 bits per heavy atom. The maximum atomic E-state index is 6.62. The second-order valence-corrected chi connectivity index (χ2v) is 6.53. The molecule has 0 aromatic heterocycles. The Hall–Kier alpha value is -0.0400. The van der Waals surface area contributed by atoms with Crippen LogP contribution in [0.1, 0.15) is 72.6 Å². The lowest BCUT2D eigenvalue weighted by Gasteiger charge is -2.48. The van der Waals surface area contributed by atoms with E-state index in [1.165, 1.54) is 44.9 Å². The van der Waals surface area contributed by atoms with E-state index in [0.29, 0.717) is 5.41 Å². The second kappa shape index (κ2) is 4.86. The van der Waals surface area contributed by atoms with Crippen molar-refractivity contribution >= 4 is 0 Å². The van der Waals surface area contributed by atoms with E-state index < -0.39 is 0 Å². The molecule has 0 heterocycles. The van der Waals surface area contributed by atoms with E-state index in [1.807, 2.05) is 0 Å². The van der Waals surface area contributed by atoms with Crippen molar-refractivity contribution in [1.29, 1.82) is 0 Å². The largest absolute Gasteiger partial charge is 0.325 e. The summed E-state index contributed by atoms with van der Waals surface area (Å²) in [6, 6.07) is 0. The van der Waals surface area contributed by atoms with Gasteiger partial charge < -0.3 is 5.73 Å². The molecule has 0 spiro atoms. The van der Waals surface area contributed by atoms with Crippen molar-refractivity contribution in [2.45, 2.75) is 78.2 Å². The first-order valence-corrected chi connectivity index (χ1v) is 6.66. The first kappa shape index (κ1) is 13.0. The van der Waals surface area contributed by atoms with Gasteiger partial charge in [-0.1, -0.05) is 53.4 Å². The molecule has 1 unspecified atom stereocenters. The smallest absolute Gasteiger partial charge is 0.0206 e. The molecule has 1 saturated carbocycles. The zero-order chi connectivity index (χ0) is 11.5. The van der Waals surface area contributed by atoms with Crippen molar-refractivity contribution in [2.75, 3.05) is 0 Å². The van der Waals surface area contributed by atoms with Crippen molar-refractivity contribution in [3.63, 3.8) is 0 Å². The van der Waals surface area contributed by atoms with Crippen LogP contribution in [0.15, 0.2) is 0 Å². The fourth-order valence-corrected chi connectivity index (χ4v) is 2.88. The summed E-state index contributed by atoms with van der Waals surface area (Å²) >= 11 is 0. The van der Waals surface area contributed by atoms with E-state index in [9.17, 15) is 0 Å². The van der Waals surface area contributed by atoms with Gasteiger partial charge in [0.2, 0.25) is 0 Å². The summed E-state index contributed by atoms with van der Waals surface area (Å²) in [5.41, 5.74) is 7.08. The van der Waals surface area contributed by atoms with Crippen LogP contribution in [-0.4, -0.2) is 5.54 Å². The Bertz CT molecular complexity index is 196. The molecule has 2 N–H and O–H groups in total. The minimum Gasteiger partial charge on any atom is -0.325 e. The molecule has 1 heteroatoms. The van der Waals surface area contributed by atoms with Crippen LogP contribution in [-0.2, 0) is 0 Å². The van der Waals surface area contributed by atoms with E-state index >= 15 is 0 Å². The van der Waals surface area contributed by atoms with Crippen LogP contribution in [0.3, 0.4) is 0 Å². The third-order valence-corrected chi connectivity index (χ3v) is 4.43. The van der Waals surface area contributed by atoms with Crippen molar-refractivity contribution < 1.29 is 0 Å². The molecule has 0 saturated heterocycles. The minimum absolute atomic E-state index is 0.111. The molecular formula is C14H29N. The summed E-state index contributed by atoms with van der Waals surface area (Å²) in [4.78, 5) is 0. The second-order valence-electron chi connectivity index (χ2n) is 6.53. The number of nitrogens with two attached hydrogens (primary N) is 1. The Balaban J connectivity index is 2.48. The van der Waals surface area contributed by atoms with Crippen LogP contribution in [0.4, 0.5) is 0 Å². The molecule has 1 rings (SSSR count). The standard InChI is InChI=1S/C14H29N/c1-12(2)8-7-11-14(15)10-6-5-9-13(14,3)4/h12H,5-11,15H2,1-4H3. The van der Waals surface area contributed by atoms with Gasteiger partial charge in [0, 0.05) is 5.54 Å². The molecule has 0 aromatic rings. The lowest BCUT2D eigenvalue weighted by atomic mass is 9.62. The van der Waals surface area contributed by atoms with Gasteiger partial charge in [-0.3, -0.25) is 0 Å². The average molecular weight is 211 g/mol.